The van der Waals surface area contributed by atoms with Crippen molar-refractivity contribution in [3.05, 3.63) is 0 Å². The Hall–Kier alpha value is -1.42. The average Bonchev–Trinajstić information content (AvgIpc) is 2.48. The number of amides is 2. The van der Waals surface area contributed by atoms with Crippen molar-refractivity contribution in [3.8, 4) is 0 Å². The topological polar surface area (TPSA) is 133 Å². The SMILES string of the molecule is CSCCC(NC=O)C(=O)O.CSCC[C@H](NC=O)C(=O)O. The van der Waals surface area contributed by atoms with Gasteiger partial charge in [-0.05, 0) is 36.9 Å². The average molecular weight is 354 g/mol. The van der Waals surface area contributed by atoms with Crippen LogP contribution in [-0.4, -0.2) is 71.1 Å². The van der Waals surface area contributed by atoms with Gasteiger partial charge in [-0.15, -0.1) is 0 Å². The lowest BCUT2D eigenvalue weighted by Crippen LogP contribution is -2.36. The zero-order valence-electron chi connectivity index (χ0n) is 12.5. The summed E-state index contributed by atoms with van der Waals surface area (Å²) in [6.07, 6.45) is 5.54. The summed E-state index contributed by atoms with van der Waals surface area (Å²) in [6, 6.07) is -1.47. The molecule has 2 atom stereocenters. The molecular formula is C12H22N2O6S2. The fourth-order valence-electron chi connectivity index (χ4n) is 1.19. The van der Waals surface area contributed by atoms with Crippen LogP contribution in [0.3, 0.4) is 0 Å². The Morgan fingerprint density at radius 3 is 1.41 bits per heavy atom. The summed E-state index contributed by atoms with van der Waals surface area (Å²) in [5, 5.41) is 21.4. The fourth-order valence-corrected chi connectivity index (χ4v) is 2.13. The van der Waals surface area contributed by atoms with E-state index < -0.39 is 24.0 Å². The fraction of sp³-hybridized carbons (Fsp3) is 0.667. The smallest absolute Gasteiger partial charge is 0.326 e. The number of carboxylic acids is 2. The van der Waals surface area contributed by atoms with Gasteiger partial charge in [-0.25, -0.2) is 9.59 Å². The Morgan fingerprint density at radius 1 is 0.909 bits per heavy atom. The van der Waals surface area contributed by atoms with E-state index in [4.69, 9.17) is 10.2 Å². The summed E-state index contributed by atoms with van der Waals surface area (Å²) in [7, 11) is 0. The maximum atomic E-state index is 10.4. The second-order valence-corrected chi connectivity index (χ2v) is 5.88. The summed E-state index contributed by atoms with van der Waals surface area (Å²) in [6.45, 7) is 0. The highest BCUT2D eigenvalue weighted by atomic mass is 32.2. The summed E-state index contributed by atoms with van der Waals surface area (Å²) in [5.74, 6) is -0.493. The number of carbonyl (C=O) groups excluding carboxylic acids is 2. The van der Waals surface area contributed by atoms with Gasteiger partial charge in [0.1, 0.15) is 12.1 Å². The number of aliphatic carboxylic acids is 2. The minimum Gasteiger partial charge on any atom is -0.480 e. The predicted octanol–water partition coefficient (Wildman–Crippen LogP) is -0.123. The highest BCUT2D eigenvalue weighted by Gasteiger charge is 2.15. The second-order valence-electron chi connectivity index (χ2n) is 3.91. The maximum Gasteiger partial charge on any atom is 0.326 e. The van der Waals surface area contributed by atoms with Gasteiger partial charge < -0.3 is 20.8 Å². The van der Waals surface area contributed by atoms with Crippen molar-refractivity contribution in [1.82, 2.24) is 10.6 Å². The molecule has 0 aromatic heterocycles. The van der Waals surface area contributed by atoms with Crippen LogP contribution in [0.1, 0.15) is 12.8 Å². The van der Waals surface area contributed by atoms with Crippen LogP contribution in [-0.2, 0) is 19.2 Å². The third-order valence-electron chi connectivity index (χ3n) is 2.36. The molecule has 2 amide bonds. The lowest BCUT2D eigenvalue weighted by molar-refractivity contribution is -0.141. The zero-order chi connectivity index (χ0) is 17.4. The van der Waals surface area contributed by atoms with Gasteiger partial charge in [0.05, 0.1) is 0 Å². The van der Waals surface area contributed by atoms with Crippen molar-refractivity contribution in [2.75, 3.05) is 24.0 Å². The molecule has 8 nitrogen and oxygen atoms in total. The van der Waals surface area contributed by atoms with Crippen LogP contribution < -0.4 is 10.6 Å². The summed E-state index contributed by atoms with van der Waals surface area (Å²) in [5.41, 5.74) is 0. The molecule has 22 heavy (non-hydrogen) atoms. The lowest BCUT2D eigenvalue weighted by Gasteiger charge is -2.08. The van der Waals surface area contributed by atoms with Crippen molar-refractivity contribution in [2.45, 2.75) is 24.9 Å². The van der Waals surface area contributed by atoms with Crippen molar-refractivity contribution >= 4 is 48.3 Å². The number of hydrogen-bond acceptors (Lipinski definition) is 6. The minimum atomic E-state index is -0.980. The largest absolute Gasteiger partial charge is 0.480 e. The Bertz CT molecular complexity index is 312. The van der Waals surface area contributed by atoms with Gasteiger partial charge in [-0.3, -0.25) is 9.59 Å². The van der Waals surface area contributed by atoms with Gasteiger partial charge in [-0.2, -0.15) is 23.5 Å². The lowest BCUT2D eigenvalue weighted by atomic mass is 10.2. The molecule has 0 spiro atoms. The third kappa shape index (κ3) is 13.6. The van der Waals surface area contributed by atoms with Crippen LogP contribution in [0.4, 0.5) is 0 Å². The van der Waals surface area contributed by atoms with Crippen LogP contribution in [0.15, 0.2) is 0 Å². The second kappa shape index (κ2) is 16.0. The molecule has 10 heteroatoms. The molecule has 0 radical (unpaired) electrons. The van der Waals surface area contributed by atoms with E-state index in [1.54, 1.807) is 23.5 Å². The number of nitrogens with one attached hydrogen (secondary N) is 2. The first-order valence-corrected chi connectivity index (χ1v) is 9.06. The molecule has 0 aromatic rings. The molecule has 0 saturated carbocycles. The van der Waals surface area contributed by atoms with Gasteiger partial charge in [0, 0.05) is 0 Å². The molecule has 0 fully saturated rings. The molecule has 0 rings (SSSR count). The van der Waals surface area contributed by atoms with Gasteiger partial charge in [0.2, 0.25) is 12.8 Å². The molecule has 0 aromatic carbocycles. The number of carbonyl (C=O) groups is 4. The first-order valence-electron chi connectivity index (χ1n) is 6.27. The van der Waals surface area contributed by atoms with Gasteiger partial charge in [0.15, 0.2) is 0 Å². The third-order valence-corrected chi connectivity index (χ3v) is 3.64. The molecule has 0 aliphatic rings. The molecule has 0 aliphatic carbocycles. The molecule has 128 valence electrons. The number of carboxylic acid groups (broad SMARTS) is 2. The standard InChI is InChI=1S/2C6H11NO3S/c2*1-11-3-2-5(6(9)10)7-4-8/h2*4-5H,2-3H2,1H3,(H,7,8)(H,9,10)/t5-;/m0./s1. The van der Waals surface area contributed by atoms with Crippen LogP contribution in [0.2, 0.25) is 0 Å². The predicted molar refractivity (Wildman–Crippen MR) is 87.2 cm³/mol. The number of rotatable bonds is 12. The molecule has 4 N–H and O–H groups in total. The van der Waals surface area contributed by atoms with Crippen molar-refractivity contribution in [2.24, 2.45) is 0 Å². The van der Waals surface area contributed by atoms with Crippen LogP contribution in [0.25, 0.3) is 0 Å². The van der Waals surface area contributed by atoms with Crippen molar-refractivity contribution < 1.29 is 29.4 Å². The molecule has 0 aliphatic heterocycles. The molecule has 0 heterocycles. The zero-order valence-corrected chi connectivity index (χ0v) is 14.1. The van der Waals surface area contributed by atoms with Crippen molar-refractivity contribution in [1.29, 1.82) is 0 Å². The van der Waals surface area contributed by atoms with E-state index in [-0.39, 0.29) is 0 Å². The van der Waals surface area contributed by atoms with E-state index in [0.29, 0.717) is 25.7 Å². The van der Waals surface area contributed by atoms with Gasteiger partial charge in [-0.1, -0.05) is 0 Å². The Balaban J connectivity index is 0. The van der Waals surface area contributed by atoms with Gasteiger partial charge in [0.25, 0.3) is 0 Å². The van der Waals surface area contributed by atoms with Crippen LogP contribution in [0, 0.1) is 0 Å². The van der Waals surface area contributed by atoms with E-state index in [9.17, 15) is 19.2 Å². The van der Waals surface area contributed by atoms with E-state index in [1.807, 2.05) is 12.5 Å². The molecule has 1 unspecified atom stereocenters. The molecule has 0 bridgehead atoms. The Labute approximate surface area is 137 Å². The van der Waals surface area contributed by atoms with Crippen LogP contribution in [0.5, 0.6) is 0 Å². The monoisotopic (exact) mass is 354 g/mol. The number of hydrogen-bond donors (Lipinski definition) is 4. The van der Waals surface area contributed by atoms with Crippen LogP contribution >= 0.6 is 23.5 Å². The highest BCUT2D eigenvalue weighted by Crippen LogP contribution is 2.00. The van der Waals surface area contributed by atoms with E-state index in [1.165, 1.54) is 0 Å². The first-order chi connectivity index (χ1) is 10.4. The summed E-state index contributed by atoms with van der Waals surface area (Å²) >= 11 is 3.11. The Kier molecular flexibility index (Phi) is 16.6. The minimum absolute atomic E-state index is 0.416. The molecular weight excluding hydrogens is 332 g/mol. The Morgan fingerprint density at radius 2 is 1.23 bits per heavy atom. The summed E-state index contributed by atoms with van der Waals surface area (Å²) < 4.78 is 0. The summed E-state index contributed by atoms with van der Waals surface area (Å²) in [4.78, 5) is 40.5. The first kappa shape index (κ1) is 22.9. The van der Waals surface area contributed by atoms with E-state index in [0.717, 1.165) is 11.5 Å². The maximum absolute atomic E-state index is 10.4. The highest BCUT2D eigenvalue weighted by molar-refractivity contribution is 7.98. The van der Waals surface area contributed by atoms with Crippen molar-refractivity contribution in [3.63, 3.8) is 0 Å². The molecule has 0 saturated heterocycles. The quantitative estimate of drug-likeness (QED) is 0.357. The van der Waals surface area contributed by atoms with E-state index in [2.05, 4.69) is 10.6 Å². The normalized spacial score (nSPS) is 12.1. The van der Waals surface area contributed by atoms with Gasteiger partial charge >= 0.3 is 11.9 Å². The van der Waals surface area contributed by atoms with E-state index >= 15 is 0 Å². The number of thioether (sulfide) groups is 2.